The van der Waals surface area contributed by atoms with Gasteiger partial charge in [-0.15, -0.1) is 0 Å². The molecular weight excluding hydrogens is 436 g/mol. The minimum atomic E-state index is -3.80. The lowest BCUT2D eigenvalue weighted by Gasteiger charge is -2.28. The summed E-state index contributed by atoms with van der Waals surface area (Å²) in [5, 5.41) is 2.69. The number of hydrogen-bond acceptors (Lipinski definition) is 5. The van der Waals surface area contributed by atoms with E-state index in [1.54, 1.807) is 12.1 Å². The van der Waals surface area contributed by atoms with Gasteiger partial charge < -0.3 is 15.1 Å². The van der Waals surface area contributed by atoms with Gasteiger partial charge in [-0.25, -0.2) is 8.42 Å². The number of likely N-dealkylation sites (tertiary alicyclic amines) is 1. The molecule has 2 aromatic rings. The summed E-state index contributed by atoms with van der Waals surface area (Å²) in [6.45, 7) is 5.47. The van der Waals surface area contributed by atoms with Crippen LogP contribution in [-0.2, 0) is 21.2 Å². The molecule has 4 rings (SSSR count). The van der Waals surface area contributed by atoms with Crippen LogP contribution in [0.1, 0.15) is 37.7 Å². The Kier molecular flexibility index (Phi) is 7.88. The number of hydrogen-bond donors (Lipinski definition) is 2. The van der Waals surface area contributed by atoms with Crippen molar-refractivity contribution in [1.29, 1.82) is 0 Å². The number of carbonyl (C=O) groups excluding carboxylic acids is 1. The highest BCUT2D eigenvalue weighted by atomic mass is 32.2. The zero-order valence-electron chi connectivity index (χ0n) is 19.1. The van der Waals surface area contributed by atoms with Gasteiger partial charge >= 0.3 is 0 Å². The van der Waals surface area contributed by atoms with Crippen LogP contribution in [-0.4, -0.2) is 57.7 Å². The summed E-state index contributed by atoms with van der Waals surface area (Å²) >= 11 is 0. The van der Waals surface area contributed by atoms with Gasteiger partial charge in [0.15, 0.2) is 0 Å². The molecule has 0 unspecified atom stereocenters. The lowest BCUT2D eigenvalue weighted by atomic mass is 10.1. The van der Waals surface area contributed by atoms with E-state index in [1.807, 2.05) is 36.4 Å². The van der Waals surface area contributed by atoms with E-state index < -0.39 is 21.7 Å². The molecule has 2 saturated heterocycles. The number of piperidine rings is 1. The van der Waals surface area contributed by atoms with Crippen molar-refractivity contribution in [3.63, 3.8) is 0 Å². The standard InChI is InChI=1S/C25H34N4O3S/c30-25(26-22-8-6-21(7-9-22)14-19-28-15-4-5-16-28)20-33(31,32)27-23-10-12-24(13-11-23)29-17-2-1-3-18-29/h6-13,27H,1-5,14-20H2,(H,26,30). The third-order valence-corrected chi connectivity index (χ3v) is 7.53. The Morgan fingerprint density at radius 1 is 0.788 bits per heavy atom. The maximum atomic E-state index is 12.5. The molecule has 178 valence electrons. The average Bonchev–Trinajstić information content (AvgIpc) is 3.33. The molecule has 0 spiro atoms. The van der Waals surface area contributed by atoms with Crippen molar-refractivity contribution in [1.82, 2.24) is 4.90 Å². The third-order valence-electron chi connectivity index (χ3n) is 6.34. The molecule has 33 heavy (non-hydrogen) atoms. The Morgan fingerprint density at radius 3 is 2.06 bits per heavy atom. The van der Waals surface area contributed by atoms with Gasteiger partial charge in [0.2, 0.25) is 15.9 Å². The zero-order valence-corrected chi connectivity index (χ0v) is 19.9. The fraction of sp³-hybridized carbons (Fsp3) is 0.480. The van der Waals surface area contributed by atoms with Gasteiger partial charge in [-0.1, -0.05) is 12.1 Å². The van der Waals surface area contributed by atoms with Gasteiger partial charge in [0.1, 0.15) is 5.75 Å². The topological polar surface area (TPSA) is 81.8 Å². The van der Waals surface area contributed by atoms with Crippen LogP contribution in [0.15, 0.2) is 48.5 Å². The average molecular weight is 471 g/mol. The predicted octanol–water partition coefficient (Wildman–Crippen LogP) is 3.70. The predicted molar refractivity (Wildman–Crippen MR) is 134 cm³/mol. The summed E-state index contributed by atoms with van der Waals surface area (Å²) in [5.41, 5.74) is 3.37. The first-order chi connectivity index (χ1) is 16.0. The molecule has 0 aromatic heterocycles. The van der Waals surface area contributed by atoms with Crippen LogP contribution in [0.25, 0.3) is 0 Å². The number of carbonyl (C=O) groups is 1. The molecule has 0 bridgehead atoms. The minimum absolute atomic E-state index is 0.464. The molecule has 1 amide bonds. The Bertz CT molecular complexity index is 1010. The molecule has 2 aromatic carbocycles. The molecule has 2 fully saturated rings. The van der Waals surface area contributed by atoms with Gasteiger partial charge in [-0.05, 0) is 93.6 Å². The van der Waals surface area contributed by atoms with E-state index in [4.69, 9.17) is 0 Å². The van der Waals surface area contributed by atoms with Crippen molar-refractivity contribution in [3.8, 4) is 0 Å². The number of sulfonamides is 1. The molecule has 0 aliphatic carbocycles. The second-order valence-electron chi connectivity index (χ2n) is 9.00. The highest BCUT2D eigenvalue weighted by Gasteiger charge is 2.18. The molecule has 2 aliphatic rings. The molecule has 2 heterocycles. The third kappa shape index (κ3) is 7.20. The number of nitrogens with zero attached hydrogens (tertiary/aromatic N) is 2. The molecular formula is C25H34N4O3S. The minimum Gasteiger partial charge on any atom is -0.372 e. The van der Waals surface area contributed by atoms with Crippen LogP contribution >= 0.6 is 0 Å². The smallest absolute Gasteiger partial charge is 0.241 e. The second kappa shape index (κ2) is 11.0. The Balaban J connectivity index is 1.24. The lowest BCUT2D eigenvalue weighted by Crippen LogP contribution is -2.29. The molecule has 0 atom stereocenters. The fourth-order valence-corrected chi connectivity index (χ4v) is 5.51. The molecule has 0 radical (unpaired) electrons. The van der Waals surface area contributed by atoms with Crippen LogP contribution in [0.2, 0.25) is 0 Å². The van der Waals surface area contributed by atoms with E-state index in [0.29, 0.717) is 11.4 Å². The van der Waals surface area contributed by atoms with E-state index >= 15 is 0 Å². The van der Waals surface area contributed by atoms with Gasteiger partial charge in [0.05, 0.1) is 0 Å². The number of benzene rings is 2. The lowest BCUT2D eigenvalue weighted by molar-refractivity contribution is -0.113. The first kappa shape index (κ1) is 23.6. The number of amides is 1. The number of nitrogens with one attached hydrogen (secondary N) is 2. The first-order valence-corrected chi connectivity index (χ1v) is 13.6. The van der Waals surface area contributed by atoms with Gasteiger partial charge in [-0.3, -0.25) is 9.52 Å². The van der Waals surface area contributed by atoms with Crippen LogP contribution in [0.3, 0.4) is 0 Å². The Morgan fingerprint density at radius 2 is 1.39 bits per heavy atom. The highest BCUT2D eigenvalue weighted by Crippen LogP contribution is 2.22. The summed E-state index contributed by atoms with van der Waals surface area (Å²) in [6, 6.07) is 15.0. The van der Waals surface area contributed by atoms with E-state index in [0.717, 1.165) is 31.7 Å². The molecule has 8 heteroatoms. The van der Waals surface area contributed by atoms with Crippen molar-refractivity contribution in [2.45, 2.75) is 38.5 Å². The maximum Gasteiger partial charge on any atom is 0.241 e. The quantitative estimate of drug-likeness (QED) is 0.584. The molecule has 2 aliphatic heterocycles. The van der Waals surface area contributed by atoms with Crippen molar-refractivity contribution in [2.75, 3.05) is 53.4 Å². The maximum absolute atomic E-state index is 12.5. The van der Waals surface area contributed by atoms with E-state index in [2.05, 4.69) is 19.8 Å². The monoisotopic (exact) mass is 470 g/mol. The fourth-order valence-electron chi connectivity index (χ4n) is 4.53. The SMILES string of the molecule is O=C(CS(=O)(=O)Nc1ccc(N2CCCCC2)cc1)Nc1ccc(CCN2CCCC2)cc1. The normalized spacial score (nSPS) is 17.2. The molecule has 2 N–H and O–H groups in total. The summed E-state index contributed by atoms with van der Waals surface area (Å²) in [4.78, 5) is 17.1. The van der Waals surface area contributed by atoms with Crippen molar-refractivity contribution < 1.29 is 13.2 Å². The summed E-state index contributed by atoms with van der Waals surface area (Å²) in [7, 11) is -3.80. The largest absolute Gasteiger partial charge is 0.372 e. The number of rotatable bonds is 9. The van der Waals surface area contributed by atoms with Crippen LogP contribution in [0.4, 0.5) is 17.1 Å². The van der Waals surface area contributed by atoms with Crippen LogP contribution in [0.5, 0.6) is 0 Å². The van der Waals surface area contributed by atoms with E-state index in [-0.39, 0.29) is 0 Å². The van der Waals surface area contributed by atoms with E-state index in [1.165, 1.54) is 50.8 Å². The van der Waals surface area contributed by atoms with Crippen molar-refractivity contribution in [2.24, 2.45) is 0 Å². The van der Waals surface area contributed by atoms with Crippen LogP contribution in [0, 0.1) is 0 Å². The Labute approximate surface area is 197 Å². The zero-order chi connectivity index (χ0) is 23.1. The van der Waals surface area contributed by atoms with Crippen molar-refractivity contribution in [3.05, 3.63) is 54.1 Å². The summed E-state index contributed by atoms with van der Waals surface area (Å²) < 4.78 is 27.4. The molecule has 7 nitrogen and oxygen atoms in total. The highest BCUT2D eigenvalue weighted by molar-refractivity contribution is 7.93. The van der Waals surface area contributed by atoms with Gasteiger partial charge in [0.25, 0.3) is 0 Å². The Hall–Kier alpha value is -2.58. The molecule has 0 saturated carbocycles. The van der Waals surface area contributed by atoms with Gasteiger partial charge in [0, 0.05) is 36.7 Å². The number of anilines is 3. The summed E-state index contributed by atoms with van der Waals surface area (Å²) in [6.07, 6.45) is 7.18. The van der Waals surface area contributed by atoms with Crippen LogP contribution < -0.4 is 14.9 Å². The van der Waals surface area contributed by atoms with Crippen molar-refractivity contribution >= 4 is 33.0 Å². The van der Waals surface area contributed by atoms with E-state index in [9.17, 15) is 13.2 Å². The summed E-state index contributed by atoms with van der Waals surface area (Å²) in [5.74, 6) is -1.19. The van der Waals surface area contributed by atoms with Gasteiger partial charge in [-0.2, -0.15) is 0 Å². The first-order valence-electron chi connectivity index (χ1n) is 11.9. The second-order valence-corrected chi connectivity index (χ2v) is 10.7.